The molecule has 3 rings (SSSR count). The number of aromatic amines is 1. The highest BCUT2D eigenvalue weighted by molar-refractivity contribution is 5.93. The number of carbonyl (C=O) groups is 1. The molecule has 0 aromatic carbocycles. The zero-order valence-corrected chi connectivity index (χ0v) is 9.06. The van der Waals surface area contributed by atoms with E-state index in [1.807, 2.05) is 0 Å². The number of hydrogen-bond donors (Lipinski definition) is 2. The van der Waals surface area contributed by atoms with E-state index in [2.05, 4.69) is 20.5 Å². The average molecular weight is 222 g/mol. The fourth-order valence-corrected chi connectivity index (χ4v) is 2.16. The molecule has 0 saturated heterocycles. The number of rotatable bonds is 4. The van der Waals surface area contributed by atoms with Crippen LogP contribution in [0.1, 0.15) is 19.3 Å². The standard InChI is InChI=1S/C10H14N4O2/c1-16-10-12-9(13-14-10)11-8(15)7-4-6(7)5-2-3-5/h5-7H,2-4H2,1H3,(H2,11,12,13,14,15)/t6-,7-/m1/s1. The lowest BCUT2D eigenvalue weighted by Crippen LogP contribution is -2.16. The number of carbonyl (C=O) groups excluding carboxylic acids is 1. The van der Waals surface area contributed by atoms with Gasteiger partial charge in [0.15, 0.2) is 0 Å². The van der Waals surface area contributed by atoms with Crippen molar-refractivity contribution in [1.29, 1.82) is 0 Å². The van der Waals surface area contributed by atoms with E-state index in [9.17, 15) is 4.79 Å². The van der Waals surface area contributed by atoms with Gasteiger partial charge in [-0.25, -0.2) is 5.10 Å². The highest BCUT2D eigenvalue weighted by Crippen LogP contribution is 2.54. The number of ether oxygens (including phenoxy) is 1. The molecule has 2 fully saturated rings. The number of hydrogen-bond acceptors (Lipinski definition) is 4. The average Bonchev–Trinajstić information content (AvgIpc) is 3.14. The monoisotopic (exact) mass is 222 g/mol. The van der Waals surface area contributed by atoms with Crippen LogP contribution in [-0.4, -0.2) is 28.2 Å². The summed E-state index contributed by atoms with van der Waals surface area (Å²) < 4.78 is 4.82. The van der Waals surface area contributed by atoms with E-state index >= 15 is 0 Å². The van der Waals surface area contributed by atoms with Crippen molar-refractivity contribution in [2.45, 2.75) is 19.3 Å². The van der Waals surface area contributed by atoms with Crippen LogP contribution < -0.4 is 10.1 Å². The lowest BCUT2D eigenvalue weighted by Gasteiger charge is -1.99. The third-order valence-corrected chi connectivity index (χ3v) is 3.29. The molecule has 1 aromatic rings. The molecular weight excluding hydrogens is 208 g/mol. The molecule has 2 aliphatic rings. The Kier molecular flexibility index (Phi) is 2.08. The van der Waals surface area contributed by atoms with Crippen LogP contribution in [0.4, 0.5) is 5.95 Å². The van der Waals surface area contributed by atoms with Gasteiger partial charge in [-0.3, -0.25) is 10.1 Å². The van der Waals surface area contributed by atoms with E-state index in [4.69, 9.17) is 4.74 Å². The quantitative estimate of drug-likeness (QED) is 0.789. The van der Waals surface area contributed by atoms with Gasteiger partial charge in [0, 0.05) is 5.92 Å². The van der Waals surface area contributed by atoms with E-state index in [0.717, 1.165) is 12.3 Å². The number of H-pyrrole nitrogens is 1. The molecule has 2 aliphatic carbocycles. The first kappa shape index (κ1) is 9.62. The number of anilines is 1. The van der Waals surface area contributed by atoms with Crippen molar-refractivity contribution in [2.24, 2.45) is 17.8 Å². The molecule has 0 spiro atoms. The van der Waals surface area contributed by atoms with Crippen molar-refractivity contribution < 1.29 is 9.53 Å². The highest BCUT2D eigenvalue weighted by Gasteiger charge is 2.51. The van der Waals surface area contributed by atoms with Gasteiger partial charge in [0.05, 0.1) is 7.11 Å². The molecule has 1 amide bonds. The van der Waals surface area contributed by atoms with E-state index in [0.29, 0.717) is 11.9 Å². The zero-order chi connectivity index (χ0) is 11.1. The van der Waals surface area contributed by atoms with Gasteiger partial charge in [0.1, 0.15) is 0 Å². The summed E-state index contributed by atoms with van der Waals surface area (Å²) in [6, 6.07) is 0.241. The summed E-state index contributed by atoms with van der Waals surface area (Å²) in [5.41, 5.74) is 0. The normalized spacial score (nSPS) is 27.6. The van der Waals surface area contributed by atoms with Gasteiger partial charge in [-0.1, -0.05) is 0 Å². The molecule has 16 heavy (non-hydrogen) atoms. The van der Waals surface area contributed by atoms with Crippen molar-refractivity contribution in [3.63, 3.8) is 0 Å². The summed E-state index contributed by atoms with van der Waals surface area (Å²) in [5, 5.41) is 9.10. The van der Waals surface area contributed by atoms with Crippen molar-refractivity contribution in [3.05, 3.63) is 0 Å². The van der Waals surface area contributed by atoms with Crippen LogP contribution in [0.25, 0.3) is 0 Å². The SMILES string of the molecule is COc1n[nH]c(NC(=O)[C@@H]2C[C@@H]2C2CC2)n1. The third kappa shape index (κ3) is 1.75. The summed E-state index contributed by atoms with van der Waals surface area (Å²) in [6.07, 6.45) is 3.62. The maximum atomic E-state index is 11.8. The molecule has 0 radical (unpaired) electrons. The second-order valence-corrected chi connectivity index (χ2v) is 4.50. The topological polar surface area (TPSA) is 79.9 Å². The Morgan fingerprint density at radius 3 is 3.00 bits per heavy atom. The minimum Gasteiger partial charge on any atom is -0.466 e. The van der Waals surface area contributed by atoms with Gasteiger partial charge in [0.25, 0.3) is 0 Å². The first-order valence-corrected chi connectivity index (χ1v) is 5.55. The van der Waals surface area contributed by atoms with Gasteiger partial charge >= 0.3 is 6.01 Å². The van der Waals surface area contributed by atoms with Crippen molar-refractivity contribution in [1.82, 2.24) is 15.2 Å². The molecule has 2 atom stereocenters. The zero-order valence-electron chi connectivity index (χ0n) is 9.06. The van der Waals surface area contributed by atoms with E-state index in [-0.39, 0.29) is 17.8 Å². The van der Waals surface area contributed by atoms with E-state index < -0.39 is 0 Å². The van der Waals surface area contributed by atoms with Crippen LogP contribution in [0.15, 0.2) is 0 Å². The Labute approximate surface area is 92.8 Å². The van der Waals surface area contributed by atoms with Crippen LogP contribution in [0, 0.1) is 17.8 Å². The Hall–Kier alpha value is -1.59. The molecule has 1 aromatic heterocycles. The molecular formula is C10H14N4O2. The van der Waals surface area contributed by atoms with Crippen LogP contribution in [-0.2, 0) is 4.79 Å². The number of nitrogens with one attached hydrogen (secondary N) is 2. The summed E-state index contributed by atoms with van der Waals surface area (Å²) in [7, 11) is 1.48. The number of methoxy groups -OCH3 is 1. The molecule has 6 nitrogen and oxygen atoms in total. The molecule has 6 heteroatoms. The van der Waals surface area contributed by atoms with Crippen molar-refractivity contribution in [3.8, 4) is 6.01 Å². The number of nitrogens with zero attached hydrogens (tertiary/aromatic N) is 2. The van der Waals surface area contributed by atoms with Gasteiger partial charge in [-0.05, 0) is 31.1 Å². The highest BCUT2D eigenvalue weighted by atomic mass is 16.5. The minimum absolute atomic E-state index is 0.0516. The van der Waals surface area contributed by atoms with Crippen molar-refractivity contribution in [2.75, 3.05) is 12.4 Å². The second-order valence-electron chi connectivity index (χ2n) is 4.50. The molecule has 0 unspecified atom stereocenters. The first-order valence-electron chi connectivity index (χ1n) is 5.55. The van der Waals surface area contributed by atoms with Crippen LogP contribution in [0.3, 0.4) is 0 Å². The van der Waals surface area contributed by atoms with Gasteiger partial charge in [-0.15, -0.1) is 5.10 Å². The smallest absolute Gasteiger partial charge is 0.336 e. The van der Waals surface area contributed by atoms with Gasteiger partial charge < -0.3 is 4.74 Å². The molecule has 2 saturated carbocycles. The summed E-state index contributed by atoms with van der Waals surface area (Å²) in [4.78, 5) is 15.7. The summed E-state index contributed by atoms with van der Waals surface area (Å²) in [6.45, 7) is 0. The third-order valence-electron chi connectivity index (χ3n) is 3.29. The van der Waals surface area contributed by atoms with Crippen LogP contribution >= 0.6 is 0 Å². The van der Waals surface area contributed by atoms with E-state index in [1.54, 1.807) is 0 Å². The Morgan fingerprint density at radius 2 is 2.38 bits per heavy atom. The Bertz CT molecular complexity index is 413. The predicted octanol–water partition coefficient (Wildman–Crippen LogP) is 0.798. The lowest BCUT2D eigenvalue weighted by atomic mass is 10.2. The van der Waals surface area contributed by atoms with Crippen molar-refractivity contribution >= 4 is 11.9 Å². The molecule has 0 aliphatic heterocycles. The van der Waals surface area contributed by atoms with Crippen LogP contribution in [0.2, 0.25) is 0 Å². The lowest BCUT2D eigenvalue weighted by molar-refractivity contribution is -0.117. The van der Waals surface area contributed by atoms with Gasteiger partial charge in [-0.2, -0.15) is 4.98 Å². The Balaban J connectivity index is 1.56. The molecule has 1 heterocycles. The fourth-order valence-electron chi connectivity index (χ4n) is 2.16. The molecule has 86 valence electrons. The van der Waals surface area contributed by atoms with E-state index in [1.165, 1.54) is 20.0 Å². The fraction of sp³-hybridized carbons (Fsp3) is 0.700. The molecule has 0 bridgehead atoms. The maximum Gasteiger partial charge on any atom is 0.336 e. The summed E-state index contributed by atoms with van der Waals surface area (Å²) >= 11 is 0. The Morgan fingerprint density at radius 1 is 1.56 bits per heavy atom. The number of aromatic nitrogens is 3. The van der Waals surface area contributed by atoms with Gasteiger partial charge in [0.2, 0.25) is 11.9 Å². The number of amides is 1. The molecule has 2 N–H and O–H groups in total. The second kappa shape index (κ2) is 3.47. The summed E-state index contributed by atoms with van der Waals surface area (Å²) in [5.74, 6) is 2.02. The first-order chi connectivity index (χ1) is 7.78. The minimum atomic E-state index is 0.0516. The predicted molar refractivity (Wildman–Crippen MR) is 55.9 cm³/mol. The van der Waals surface area contributed by atoms with Crippen LogP contribution in [0.5, 0.6) is 6.01 Å². The largest absolute Gasteiger partial charge is 0.466 e. The maximum absolute atomic E-state index is 11.8.